The summed E-state index contributed by atoms with van der Waals surface area (Å²) < 4.78 is 10.6. The van der Waals surface area contributed by atoms with Crippen molar-refractivity contribution >= 4 is 28.7 Å². The molecule has 7 nitrogen and oxygen atoms in total. The molecule has 3 rings (SSSR count). The van der Waals surface area contributed by atoms with Gasteiger partial charge in [-0.05, 0) is 73.6 Å². The quantitative estimate of drug-likeness (QED) is 0.335. The maximum atomic E-state index is 12.5. The van der Waals surface area contributed by atoms with E-state index in [-0.39, 0.29) is 23.8 Å². The number of esters is 2. The standard InChI is InChI=1S/C22H27N3O4/c1-2-28-20(26)18-8-7-17-12-19(10-9-16(17)11-18)29-21(27)15-5-3-14(4-6-15)13-25-22(23)24/h7-12,14-15H,2-6,13H2,1H3,(H4,23,24,25). The molecule has 0 unspecified atom stereocenters. The highest BCUT2D eigenvalue weighted by atomic mass is 16.5. The fourth-order valence-electron chi connectivity index (χ4n) is 3.64. The lowest BCUT2D eigenvalue weighted by atomic mass is 9.82. The van der Waals surface area contributed by atoms with E-state index in [0.717, 1.165) is 36.5 Å². The molecule has 0 heterocycles. The van der Waals surface area contributed by atoms with E-state index in [4.69, 9.17) is 20.9 Å². The zero-order valence-corrected chi connectivity index (χ0v) is 16.6. The molecule has 0 bridgehead atoms. The summed E-state index contributed by atoms with van der Waals surface area (Å²) in [5, 5.41) is 1.78. The van der Waals surface area contributed by atoms with Gasteiger partial charge < -0.3 is 20.9 Å². The van der Waals surface area contributed by atoms with Crippen LogP contribution in [0.2, 0.25) is 0 Å². The molecule has 1 aliphatic carbocycles. The van der Waals surface area contributed by atoms with Gasteiger partial charge in [-0.3, -0.25) is 9.79 Å². The smallest absolute Gasteiger partial charge is 0.338 e. The molecule has 1 fully saturated rings. The molecule has 4 N–H and O–H groups in total. The molecule has 154 valence electrons. The summed E-state index contributed by atoms with van der Waals surface area (Å²) in [4.78, 5) is 28.5. The molecule has 1 saturated carbocycles. The second-order valence-electron chi connectivity index (χ2n) is 7.35. The lowest BCUT2D eigenvalue weighted by Gasteiger charge is -2.26. The van der Waals surface area contributed by atoms with E-state index in [2.05, 4.69) is 4.99 Å². The van der Waals surface area contributed by atoms with Gasteiger partial charge in [-0.25, -0.2) is 4.79 Å². The molecule has 0 atom stereocenters. The summed E-state index contributed by atoms with van der Waals surface area (Å²) >= 11 is 0. The van der Waals surface area contributed by atoms with Gasteiger partial charge in [-0.2, -0.15) is 0 Å². The highest BCUT2D eigenvalue weighted by Crippen LogP contribution is 2.31. The molecular formula is C22H27N3O4. The van der Waals surface area contributed by atoms with Crippen molar-refractivity contribution in [2.45, 2.75) is 32.6 Å². The molecule has 2 aromatic rings. The predicted molar refractivity (Wildman–Crippen MR) is 112 cm³/mol. The normalized spacial score (nSPS) is 18.8. The van der Waals surface area contributed by atoms with Crippen LogP contribution in [0.5, 0.6) is 5.75 Å². The summed E-state index contributed by atoms with van der Waals surface area (Å²) in [5.41, 5.74) is 11.3. The number of nitrogens with zero attached hydrogens (tertiary/aromatic N) is 1. The van der Waals surface area contributed by atoms with Crippen molar-refractivity contribution < 1.29 is 19.1 Å². The molecule has 29 heavy (non-hydrogen) atoms. The molecule has 1 aliphatic rings. The molecule has 0 aromatic heterocycles. The van der Waals surface area contributed by atoms with Gasteiger partial charge in [0.15, 0.2) is 5.96 Å². The van der Waals surface area contributed by atoms with Gasteiger partial charge in [-0.1, -0.05) is 12.1 Å². The molecule has 0 spiro atoms. The number of aliphatic imine (C=N–C) groups is 1. The van der Waals surface area contributed by atoms with Crippen molar-refractivity contribution in [3.05, 3.63) is 42.0 Å². The molecule has 7 heteroatoms. The van der Waals surface area contributed by atoms with Crippen LogP contribution in [0.25, 0.3) is 10.8 Å². The van der Waals surface area contributed by atoms with E-state index in [1.807, 2.05) is 18.2 Å². The molecule has 0 radical (unpaired) electrons. The first kappa shape index (κ1) is 20.6. The van der Waals surface area contributed by atoms with Crippen LogP contribution in [0.15, 0.2) is 41.4 Å². The van der Waals surface area contributed by atoms with Gasteiger partial charge in [0.1, 0.15) is 5.75 Å². The van der Waals surface area contributed by atoms with E-state index in [1.54, 1.807) is 25.1 Å². The molecule has 0 aliphatic heterocycles. The minimum absolute atomic E-state index is 0.104. The Bertz CT molecular complexity index is 913. The number of guanidine groups is 1. The fourth-order valence-corrected chi connectivity index (χ4v) is 3.64. The van der Waals surface area contributed by atoms with Crippen molar-refractivity contribution in [1.29, 1.82) is 0 Å². The van der Waals surface area contributed by atoms with Crippen LogP contribution in [0.1, 0.15) is 43.0 Å². The Kier molecular flexibility index (Phi) is 6.69. The summed E-state index contributed by atoms with van der Waals surface area (Å²) in [6, 6.07) is 10.7. The fraction of sp³-hybridized carbons (Fsp3) is 0.409. The first-order valence-electron chi connectivity index (χ1n) is 9.94. The Morgan fingerprint density at radius 2 is 1.72 bits per heavy atom. The first-order valence-corrected chi connectivity index (χ1v) is 9.94. The lowest BCUT2D eigenvalue weighted by molar-refractivity contribution is -0.140. The van der Waals surface area contributed by atoms with Crippen LogP contribution in [0.4, 0.5) is 0 Å². The predicted octanol–water partition coefficient (Wildman–Crippen LogP) is 3.00. The van der Waals surface area contributed by atoms with Crippen LogP contribution in [-0.4, -0.2) is 31.0 Å². The molecule has 0 amide bonds. The maximum Gasteiger partial charge on any atom is 0.338 e. The number of hydrogen-bond donors (Lipinski definition) is 2. The van der Waals surface area contributed by atoms with Gasteiger partial charge in [0.2, 0.25) is 0 Å². The van der Waals surface area contributed by atoms with Gasteiger partial charge in [0.25, 0.3) is 0 Å². The minimum atomic E-state index is -0.347. The number of nitrogens with two attached hydrogens (primary N) is 2. The van der Waals surface area contributed by atoms with Crippen LogP contribution in [0, 0.1) is 11.8 Å². The Morgan fingerprint density at radius 1 is 1.03 bits per heavy atom. The van der Waals surface area contributed by atoms with Crippen LogP contribution < -0.4 is 16.2 Å². The van der Waals surface area contributed by atoms with Crippen LogP contribution in [0.3, 0.4) is 0 Å². The Labute approximate surface area is 170 Å². The second-order valence-corrected chi connectivity index (χ2v) is 7.35. The summed E-state index contributed by atoms with van der Waals surface area (Å²) in [7, 11) is 0. The average Bonchev–Trinajstić information content (AvgIpc) is 2.72. The van der Waals surface area contributed by atoms with Gasteiger partial charge in [0, 0.05) is 6.54 Å². The molecule has 0 saturated heterocycles. The third-order valence-electron chi connectivity index (χ3n) is 5.25. The average molecular weight is 397 g/mol. The monoisotopic (exact) mass is 397 g/mol. The van der Waals surface area contributed by atoms with E-state index < -0.39 is 0 Å². The van der Waals surface area contributed by atoms with E-state index in [9.17, 15) is 9.59 Å². The van der Waals surface area contributed by atoms with Gasteiger partial charge >= 0.3 is 11.9 Å². The van der Waals surface area contributed by atoms with Gasteiger partial charge in [-0.15, -0.1) is 0 Å². The number of carbonyl (C=O) groups excluding carboxylic acids is 2. The largest absolute Gasteiger partial charge is 0.462 e. The summed E-state index contributed by atoms with van der Waals surface area (Å²) in [6.07, 6.45) is 3.37. The summed E-state index contributed by atoms with van der Waals surface area (Å²) in [6.45, 7) is 2.72. The number of benzene rings is 2. The Balaban J connectivity index is 1.60. The number of hydrogen-bond acceptors (Lipinski definition) is 5. The first-order chi connectivity index (χ1) is 14.0. The maximum absolute atomic E-state index is 12.5. The van der Waals surface area contributed by atoms with E-state index in [1.165, 1.54) is 0 Å². The third kappa shape index (κ3) is 5.47. The number of rotatable bonds is 6. The van der Waals surface area contributed by atoms with Gasteiger partial charge in [0.05, 0.1) is 18.1 Å². The number of carbonyl (C=O) groups is 2. The number of fused-ring (bicyclic) bond motifs is 1. The van der Waals surface area contributed by atoms with Crippen LogP contribution in [-0.2, 0) is 9.53 Å². The zero-order valence-electron chi connectivity index (χ0n) is 16.6. The molecule has 2 aromatic carbocycles. The summed E-state index contributed by atoms with van der Waals surface area (Å²) in [5.74, 6) is 0.377. The van der Waals surface area contributed by atoms with Crippen molar-refractivity contribution in [3.63, 3.8) is 0 Å². The van der Waals surface area contributed by atoms with Crippen molar-refractivity contribution in [1.82, 2.24) is 0 Å². The van der Waals surface area contributed by atoms with Crippen LogP contribution >= 0.6 is 0 Å². The van der Waals surface area contributed by atoms with Crippen molar-refractivity contribution in [3.8, 4) is 5.75 Å². The highest BCUT2D eigenvalue weighted by Gasteiger charge is 2.27. The minimum Gasteiger partial charge on any atom is -0.462 e. The SMILES string of the molecule is CCOC(=O)c1ccc2cc(OC(=O)C3CCC(CN=C(N)N)CC3)ccc2c1. The van der Waals surface area contributed by atoms with E-state index in [0.29, 0.717) is 30.4 Å². The zero-order chi connectivity index (χ0) is 20.8. The topological polar surface area (TPSA) is 117 Å². The molecular weight excluding hydrogens is 370 g/mol. The highest BCUT2D eigenvalue weighted by molar-refractivity contribution is 5.96. The Morgan fingerprint density at radius 3 is 2.41 bits per heavy atom. The Hall–Kier alpha value is -3.09. The second kappa shape index (κ2) is 9.41. The van der Waals surface area contributed by atoms with E-state index >= 15 is 0 Å². The van der Waals surface area contributed by atoms with Crippen molar-refractivity contribution in [2.75, 3.05) is 13.2 Å². The third-order valence-corrected chi connectivity index (χ3v) is 5.25. The number of ether oxygens (including phenoxy) is 2. The van der Waals surface area contributed by atoms with Crippen molar-refractivity contribution in [2.24, 2.45) is 28.3 Å². The lowest BCUT2D eigenvalue weighted by Crippen LogP contribution is -2.28.